The summed E-state index contributed by atoms with van der Waals surface area (Å²) in [6, 6.07) is 5.50. The third kappa shape index (κ3) is 3.55. The van der Waals surface area contributed by atoms with Gasteiger partial charge in [-0.2, -0.15) is 0 Å². The number of nitrogens with one attached hydrogen (secondary N) is 1. The Kier molecular flexibility index (Phi) is 5.22. The van der Waals surface area contributed by atoms with Crippen molar-refractivity contribution in [3.05, 3.63) is 36.4 Å². The van der Waals surface area contributed by atoms with Crippen molar-refractivity contribution in [2.24, 2.45) is 0 Å². The normalized spacial score (nSPS) is 17.3. The van der Waals surface area contributed by atoms with Crippen molar-refractivity contribution in [1.82, 2.24) is 10.2 Å². The molecule has 1 aromatic carbocycles. The van der Waals surface area contributed by atoms with Crippen molar-refractivity contribution in [1.29, 1.82) is 0 Å². The van der Waals surface area contributed by atoms with Crippen molar-refractivity contribution in [3.8, 4) is 11.5 Å². The molecule has 5 heteroatoms. The highest BCUT2D eigenvalue weighted by Crippen LogP contribution is 2.28. The number of ether oxygens (including phenoxy) is 2. The molecule has 1 saturated heterocycles. The average molecular weight is 290 g/mol. The second kappa shape index (κ2) is 7.13. The van der Waals surface area contributed by atoms with Crippen LogP contribution in [0.5, 0.6) is 11.5 Å². The van der Waals surface area contributed by atoms with Crippen molar-refractivity contribution in [3.63, 3.8) is 0 Å². The molecular weight excluding hydrogens is 268 g/mol. The fraction of sp³-hybridized carbons (Fsp3) is 0.438. The monoisotopic (exact) mass is 290 g/mol. The lowest BCUT2D eigenvalue weighted by Gasteiger charge is -2.24. The second-order valence-electron chi connectivity index (χ2n) is 5.03. The maximum Gasteiger partial charge on any atom is 0.254 e. The van der Waals surface area contributed by atoms with Crippen LogP contribution < -0.4 is 14.8 Å². The standard InChI is InChI=1S/C16H22N2O3/c1-4-9-21-14-6-5-12(10-15(14)20-3)16(19)18(2)13-7-8-17-11-13/h4-6,10,13,17H,1,7-9,11H2,2-3H3. The van der Waals surface area contributed by atoms with E-state index in [1.54, 1.807) is 36.3 Å². The Morgan fingerprint density at radius 3 is 2.95 bits per heavy atom. The topological polar surface area (TPSA) is 50.8 Å². The molecule has 0 aliphatic carbocycles. The molecule has 1 N–H and O–H groups in total. The van der Waals surface area contributed by atoms with Crippen LogP contribution in [-0.2, 0) is 0 Å². The highest BCUT2D eigenvalue weighted by Gasteiger charge is 2.24. The highest BCUT2D eigenvalue weighted by atomic mass is 16.5. The first-order valence-electron chi connectivity index (χ1n) is 7.07. The summed E-state index contributed by atoms with van der Waals surface area (Å²) in [4.78, 5) is 14.3. The first kappa shape index (κ1) is 15.4. The van der Waals surface area contributed by atoms with E-state index in [4.69, 9.17) is 9.47 Å². The zero-order valence-corrected chi connectivity index (χ0v) is 12.6. The molecule has 0 radical (unpaired) electrons. The number of rotatable bonds is 6. The minimum atomic E-state index is -0.00253. The number of hydrogen-bond acceptors (Lipinski definition) is 4. The summed E-state index contributed by atoms with van der Waals surface area (Å²) in [5.74, 6) is 1.16. The van der Waals surface area contributed by atoms with Gasteiger partial charge in [0.2, 0.25) is 0 Å². The van der Waals surface area contributed by atoms with Gasteiger partial charge in [0.15, 0.2) is 11.5 Å². The first-order chi connectivity index (χ1) is 10.2. The number of benzene rings is 1. The minimum Gasteiger partial charge on any atom is -0.493 e. The predicted octanol–water partition coefficient (Wildman–Crippen LogP) is 1.69. The Morgan fingerprint density at radius 1 is 1.52 bits per heavy atom. The van der Waals surface area contributed by atoms with Crippen LogP contribution in [0.25, 0.3) is 0 Å². The van der Waals surface area contributed by atoms with Gasteiger partial charge in [-0.15, -0.1) is 0 Å². The molecule has 1 unspecified atom stereocenters. The van der Waals surface area contributed by atoms with Gasteiger partial charge in [0.25, 0.3) is 5.91 Å². The Morgan fingerprint density at radius 2 is 2.33 bits per heavy atom. The summed E-state index contributed by atoms with van der Waals surface area (Å²) in [6.45, 7) is 5.82. The molecule has 21 heavy (non-hydrogen) atoms. The highest BCUT2D eigenvalue weighted by molar-refractivity contribution is 5.95. The van der Waals surface area contributed by atoms with E-state index in [1.165, 1.54) is 0 Å². The van der Waals surface area contributed by atoms with Gasteiger partial charge in [0.05, 0.1) is 7.11 Å². The van der Waals surface area contributed by atoms with Crippen molar-refractivity contribution >= 4 is 5.91 Å². The fourth-order valence-electron chi connectivity index (χ4n) is 2.41. The van der Waals surface area contributed by atoms with Gasteiger partial charge < -0.3 is 19.7 Å². The molecule has 1 aliphatic heterocycles. The molecule has 0 saturated carbocycles. The first-order valence-corrected chi connectivity index (χ1v) is 7.07. The van der Waals surface area contributed by atoms with Gasteiger partial charge in [-0.25, -0.2) is 0 Å². The Balaban J connectivity index is 2.15. The van der Waals surface area contributed by atoms with Crippen LogP contribution >= 0.6 is 0 Å². The smallest absolute Gasteiger partial charge is 0.254 e. The number of carbonyl (C=O) groups excluding carboxylic acids is 1. The fourth-order valence-corrected chi connectivity index (χ4v) is 2.41. The molecule has 114 valence electrons. The van der Waals surface area contributed by atoms with E-state index < -0.39 is 0 Å². The van der Waals surface area contributed by atoms with Crippen LogP contribution in [0.2, 0.25) is 0 Å². The zero-order chi connectivity index (χ0) is 15.2. The van der Waals surface area contributed by atoms with E-state index in [-0.39, 0.29) is 11.9 Å². The van der Waals surface area contributed by atoms with Crippen LogP contribution in [0.1, 0.15) is 16.8 Å². The van der Waals surface area contributed by atoms with Gasteiger partial charge in [0.1, 0.15) is 6.61 Å². The molecular formula is C16H22N2O3. The van der Waals surface area contributed by atoms with Crippen LogP contribution in [0.15, 0.2) is 30.9 Å². The summed E-state index contributed by atoms with van der Waals surface area (Å²) in [6.07, 6.45) is 2.65. The maximum absolute atomic E-state index is 12.5. The molecule has 1 fully saturated rings. The lowest BCUT2D eigenvalue weighted by molar-refractivity contribution is 0.0743. The lowest BCUT2D eigenvalue weighted by Crippen LogP contribution is -2.38. The summed E-state index contributed by atoms with van der Waals surface area (Å²) in [5.41, 5.74) is 0.604. The van der Waals surface area contributed by atoms with Gasteiger partial charge in [-0.1, -0.05) is 12.7 Å². The minimum absolute atomic E-state index is 0.00253. The molecule has 1 aromatic rings. The van der Waals surface area contributed by atoms with Crippen molar-refractivity contribution in [2.75, 3.05) is 33.9 Å². The predicted molar refractivity (Wildman–Crippen MR) is 82.1 cm³/mol. The van der Waals surface area contributed by atoms with E-state index in [2.05, 4.69) is 11.9 Å². The molecule has 5 nitrogen and oxygen atoms in total. The van der Waals surface area contributed by atoms with Gasteiger partial charge in [0, 0.05) is 25.2 Å². The van der Waals surface area contributed by atoms with E-state index in [9.17, 15) is 4.79 Å². The van der Waals surface area contributed by atoms with E-state index >= 15 is 0 Å². The summed E-state index contributed by atoms with van der Waals surface area (Å²) < 4.78 is 10.8. The van der Waals surface area contributed by atoms with E-state index in [1.807, 2.05) is 7.05 Å². The third-order valence-corrected chi connectivity index (χ3v) is 3.67. The maximum atomic E-state index is 12.5. The average Bonchev–Trinajstić information content (AvgIpc) is 3.05. The quantitative estimate of drug-likeness (QED) is 0.810. The molecule has 2 rings (SSSR count). The lowest BCUT2D eigenvalue weighted by atomic mass is 10.1. The van der Waals surface area contributed by atoms with Gasteiger partial charge in [-0.3, -0.25) is 4.79 Å². The van der Waals surface area contributed by atoms with Crippen molar-refractivity contribution in [2.45, 2.75) is 12.5 Å². The number of nitrogens with zero attached hydrogens (tertiary/aromatic N) is 1. The summed E-state index contributed by atoms with van der Waals surface area (Å²) in [5, 5.41) is 3.27. The summed E-state index contributed by atoms with van der Waals surface area (Å²) in [7, 11) is 3.41. The molecule has 1 aliphatic rings. The number of methoxy groups -OCH3 is 1. The molecule has 1 amide bonds. The van der Waals surface area contributed by atoms with Crippen LogP contribution in [0.3, 0.4) is 0 Å². The number of hydrogen-bond donors (Lipinski definition) is 1. The van der Waals surface area contributed by atoms with Gasteiger partial charge in [-0.05, 0) is 31.2 Å². The molecule has 0 aromatic heterocycles. The van der Waals surface area contributed by atoms with Crippen LogP contribution in [-0.4, -0.2) is 50.7 Å². The van der Waals surface area contributed by atoms with Crippen molar-refractivity contribution < 1.29 is 14.3 Å². The van der Waals surface area contributed by atoms with Gasteiger partial charge >= 0.3 is 0 Å². The molecule has 0 bridgehead atoms. The Hall–Kier alpha value is -2.01. The number of carbonyl (C=O) groups is 1. The SMILES string of the molecule is C=CCOc1ccc(C(=O)N(C)C2CCNC2)cc1OC. The third-order valence-electron chi connectivity index (χ3n) is 3.67. The second-order valence-corrected chi connectivity index (χ2v) is 5.03. The van der Waals surface area contributed by atoms with E-state index in [0.717, 1.165) is 19.5 Å². The largest absolute Gasteiger partial charge is 0.493 e. The summed E-state index contributed by atoms with van der Waals surface area (Å²) >= 11 is 0. The van der Waals surface area contributed by atoms with Crippen LogP contribution in [0, 0.1) is 0 Å². The zero-order valence-electron chi connectivity index (χ0n) is 12.6. The molecule has 1 heterocycles. The molecule has 0 spiro atoms. The Bertz CT molecular complexity index is 510. The van der Waals surface area contributed by atoms with E-state index in [0.29, 0.717) is 23.7 Å². The Labute approximate surface area is 125 Å². The number of amides is 1. The van der Waals surface area contributed by atoms with Crippen LogP contribution in [0.4, 0.5) is 0 Å². The molecule has 1 atom stereocenters. The number of likely N-dealkylation sites (N-methyl/N-ethyl adjacent to an activating group) is 1.